The highest BCUT2D eigenvalue weighted by Crippen LogP contribution is 2.49. The number of nitrogens with zero attached hydrogens (tertiary/aromatic N) is 3. The van der Waals surface area contributed by atoms with Gasteiger partial charge in [0.1, 0.15) is 10.3 Å². The molecule has 2 N–H and O–H groups in total. The number of hydrogen-bond acceptors (Lipinski definition) is 7. The SMILES string of the molecule is CC1=CC(c2cc(S(C)(=O)=O)ccc2Nc2ccc(Cl)cc2)=CC(c2cnn(C)c2)C1(C)S(=O)(=O)n1ccc2cc[nH]c(=O)c21. The van der Waals surface area contributed by atoms with Crippen LogP contribution in [0.15, 0.2) is 107 Å². The lowest BCUT2D eigenvalue weighted by Gasteiger charge is -2.39. The van der Waals surface area contributed by atoms with Gasteiger partial charge in [-0.05, 0) is 85.2 Å². The van der Waals surface area contributed by atoms with Crippen LogP contribution in [0.1, 0.15) is 30.9 Å². The summed E-state index contributed by atoms with van der Waals surface area (Å²) in [6, 6.07) is 15.1. The summed E-state index contributed by atoms with van der Waals surface area (Å²) < 4.78 is 55.8. The molecule has 0 amide bonds. The van der Waals surface area contributed by atoms with Crippen molar-refractivity contribution in [2.75, 3.05) is 11.6 Å². The average molecular weight is 664 g/mol. The zero-order chi connectivity index (χ0) is 32.3. The predicted molar refractivity (Wildman–Crippen MR) is 177 cm³/mol. The number of hydrogen-bond donors (Lipinski definition) is 2. The van der Waals surface area contributed by atoms with Crippen LogP contribution >= 0.6 is 11.6 Å². The van der Waals surface area contributed by atoms with Gasteiger partial charge in [0.15, 0.2) is 9.84 Å². The number of sulfone groups is 1. The van der Waals surface area contributed by atoms with Crippen molar-refractivity contribution in [1.82, 2.24) is 18.7 Å². The van der Waals surface area contributed by atoms with E-state index in [1.165, 1.54) is 18.5 Å². The molecular weight excluding hydrogens is 634 g/mol. The van der Waals surface area contributed by atoms with Crippen LogP contribution in [0.3, 0.4) is 0 Å². The minimum atomic E-state index is -4.28. The second kappa shape index (κ2) is 10.9. The second-order valence-corrected chi connectivity index (χ2v) is 16.0. The van der Waals surface area contributed by atoms with Gasteiger partial charge in [-0.1, -0.05) is 23.8 Å². The van der Waals surface area contributed by atoms with Crippen LogP contribution in [0.2, 0.25) is 5.02 Å². The number of allylic oxidation sites excluding steroid dienone is 3. The van der Waals surface area contributed by atoms with Crippen molar-refractivity contribution < 1.29 is 16.8 Å². The maximum Gasteiger partial charge on any atom is 0.273 e. The molecule has 3 heterocycles. The fraction of sp³-hybridized carbons (Fsp3) is 0.188. The molecule has 2 atom stereocenters. The maximum absolute atomic E-state index is 14.7. The van der Waals surface area contributed by atoms with Crippen LogP contribution in [-0.4, -0.2) is 46.6 Å². The summed E-state index contributed by atoms with van der Waals surface area (Å²) in [5.74, 6) is -0.776. The Morgan fingerprint density at radius 3 is 2.44 bits per heavy atom. The highest BCUT2D eigenvalue weighted by molar-refractivity contribution is 7.91. The lowest BCUT2D eigenvalue weighted by Crippen LogP contribution is -2.46. The Balaban J connectivity index is 1.57. The van der Waals surface area contributed by atoms with Crippen LogP contribution in [0.4, 0.5) is 11.4 Å². The third-order valence-electron chi connectivity index (χ3n) is 8.40. The molecule has 2 unspecified atom stereocenters. The number of H-pyrrole nitrogens is 1. The number of aromatic nitrogens is 4. The molecule has 0 saturated carbocycles. The Hall–Kier alpha value is -4.39. The molecule has 0 aliphatic heterocycles. The van der Waals surface area contributed by atoms with Crippen molar-refractivity contribution in [1.29, 1.82) is 0 Å². The van der Waals surface area contributed by atoms with Gasteiger partial charge in [0, 0.05) is 65.2 Å². The van der Waals surface area contributed by atoms with E-state index in [4.69, 9.17) is 11.6 Å². The first-order chi connectivity index (χ1) is 21.2. The highest BCUT2D eigenvalue weighted by Gasteiger charge is 2.51. The van der Waals surface area contributed by atoms with Crippen molar-refractivity contribution in [3.63, 3.8) is 0 Å². The zero-order valence-corrected chi connectivity index (χ0v) is 27.2. The van der Waals surface area contributed by atoms with Gasteiger partial charge in [-0.25, -0.2) is 20.8 Å². The average Bonchev–Trinajstić information content (AvgIpc) is 3.63. The largest absolute Gasteiger partial charge is 0.355 e. The van der Waals surface area contributed by atoms with E-state index in [1.54, 1.807) is 92.6 Å². The first kappa shape index (κ1) is 30.6. The Kier molecular flexibility index (Phi) is 7.42. The molecule has 13 heteroatoms. The first-order valence-electron chi connectivity index (χ1n) is 13.9. The van der Waals surface area contributed by atoms with Crippen LogP contribution in [0, 0.1) is 0 Å². The number of pyridine rings is 1. The van der Waals surface area contributed by atoms with E-state index in [0.29, 0.717) is 38.4 Å². The number of aryl methyl sites for hydroxylation is 1. The summed E-state index contributed by atoms with van der Waals surface area (Å²) >= 11 is 6.08. The molecule has 45 heavy (non-hydrogen) atoms. The maximum atomic E-state index is 14.7. The van der Waals surface area contributed by atoms with E-state index >= 15 is 0 Å². The van der Waals surface area contributed by atoms with E-state index in [9.17, 15) is 21.6 Å². The number of nitrogens with one attached hydrogen (secondary N) is 2. The zero-order valence-electron chi connectivity index (χ0n) is 24.8. The molecule has 0 bridgehead atoms. The van der Waals surface area contributed by atoms with Gasteiger partial charge in [-0.2, -0.15) is 5.10 Å². The van der Waals surface area contributed by atoms with E-state index in [-0.39, 0.29) is 10.4 Å². The molecule has 0 fully saturated rings. The van der Waals surface area contributed by atoms with Gasteiger partial charge in [0.05, 0.1) is 11.1 Å². The number of rotatable bonds is 7. The minimum absolute atomic E-state index is 0.0292. The Labute approximate surface area is 265 Å². The fourth-order valence-corrected chi connectivity index (χ4v) is 8.64. The second-order valence-electron chi connectivity index (χ2n) is 11.3. The smallest absolute Gasteiger partial charge is 0.273 e. The molecule has 0 saturated heterocycles. The van der Waals surface area contributed by atoms with Crippen LogP contribution in [-0.2, 0) is 26.9 Å². The van der Waals surface area contributed by atoms with Gasteiger partial charge in [-0.3, -0.25) is 9.48 Å². The van der Waals surface area contributed by atoms with Gasteiger partial charge in [0.2, 0.25) is 10.0 Å². The number of aromatic amines is 1. The molecular formula is C32H30ClN5O5S2. The van der Waals surface area contributed by atoms with Gasteiger partial charge >= 0.3 is 0 Å². The molecule has 232 valence electrons. The molecule has 2 aromatic carbocycles. The van der Waals surface area contributed by atoms with Crippen molar-refractivity contribution in [3.05, 3.63) is 124 Å². The van der Waals surface area contributed by atoms with Gasteiger partial charge in [-0.15, -0.1) is 0 Å². The van der Waals surface area contributed by atoms with Crippen molar-refractivity contribution in [2.45, 2.75) is 29.4 Å². The van der Waals surface area contributed by atoms with Crippen LogP contribution < -0.4 is 10.9 Å². The Morgan fingerprint density at radius 2 is 1.78 bits per heavy atom. The topological polar surface area (TPSA) is 136 Å². The first-order valence-corrected chi connectivity index (χ1v) is 17.6. The van der Waals surface area contributed by atoms with E-state index in [0.717, 1.165) is 15.9 Å². The van der Waals surface area contributed by atoms with Crippen molar-refractivity contribution in [3.8, 4) is 0 Å². The number of anilines is 2. The molecule has 1 aliphatic rings. The number of halogens is 1. The Bertz CT molecular complexity index is 2320. The lowest BCUT2D eigenvalue weighted by molar-refractivity contribution is 0.525. The summed E-state index contributed by atoms with van der Waals surface area (Å²) in [6.07, 6.45) is 11.0. The Morgan fingerprint density at radius 1 is 1.04 bits per heavy atom. The lowest BCUT2D eigenvalue weighted by atomic mass is 9.76. The van der Waals surface area contributed by atoms with E-state index < -0.39 is 36.1 Å². The third-order valence-corrected chi connectivity index (χ3v) is 12.2. The summed E-state index contributed by atoms with van der Waals surface area (Å²) in [6.45, 7) is 3.37. The van der Waals surface area contributed by atoms with Crippen LogP contribution in [0.5, 0.6) is 0 Å². The fourth-order valence-electron chi connectivity index (χ4n) is 5.82. The summed E-state index contributed by atoms with van der Waals surface area (Å²) in [5, 5.41) is 8.74. The third kappa shape index (κ3) is 5.22. The van der Waals surface area contributed by atoms with Crippen molar-refractivity contribution in [2.24, 2.45) is 7.05 Å². The molecule has 10 nitrogen and oxygen atoms in total. The number of fused-ring (bicyclic) bond motifs is 1. The predicted octanol–water partition coefficient (Wildman–Crippen LogP) is 5.63. The normalized spacial score (nSPS) is 18.9. The molecule has 5 aromatic rings. The van der Waals surface area contributed by atoms with Gasteiger partial charge < -0.3 is 10.3 Å². The summed E-state index contributed by atoms with van der Waals surface area (Å²) in [4.78, 5) is 15.5. The molecule has 0 spiro atoms. The van der Waals surface area contributed by atoms with E-state index in [2.05, 4.69) is 15.4 Å². The number of benzene rings is 2. The molecule has 1 aliphatic carbocycles. The highest BCUT2D eigenvalue weighted by atomic mass is 35.5. The quantitative estimate of drug-likeness (QED) is 0.230. The molecule has 0 radical (unpaired) electrons. The van der Waals surface area contributed by atoms with Crippen molar-refractivity contribution >= 4 is 59.3 Å². The molecule has 6 rings (SSSR count). The standard InChI is InChI=1S/C32H30ClN5O5S2/c1-20-15-22(27-17-26(44(4,40)41)9-10-29(27)36-25-7-5-24(33)6-8-25)16-28(23-18-35-37(3)19-23)32(20,2)45(42,43)38-14-12-21-11-13-34-31(39)30(21)38/h5-19,28,36H,1-4H3,(H,34,39). The summed E-state index contributed by atoms with van der Waals surface area (Å²) in [7, 11) is -6.11. The van der Waals surface area contributed by atoms with Gasteiger partial charge in [0.25, 0.3) is 5.56 Å². The minimum Gasteiger partial charge on any atom is -0.355 e. The molecule has 3 aromatic heterocycles. The van der Waals surface area contributed by atoms with Crippen LogP contribution in [0.25, 0.3) is 16.5 Å². The summed E-state index contributed by atoms with van der Waals surface area (Å²) in [5.41, 5.74) is 3.14. The van der Waals surface area contributed by atoms with E-state index in [1.807, 2.05) is 6.08 Å². The monoisotopic (exact) mass is 663 g/mol.